The van der Waals surface area contributed by atoms with E-state index in [2.05, 4.69) is 36.4 Å². The molecule has 8 heteroatoms. The molecule has 1 atom stereocenters. The van der Waals surface area contributed by atoms with Crippen molar-refractivity contribution in [2.24, 2.45) is 0 Å². The van der Waals surface area contributed by atoms with E-state index in [9.17, 15) is 4.79 Å². The van der Waals surface area contributed by atoms with E-state index in [4.69, 9.17) is 9.47 Å². The van der Waals surface area contributed by atoms with Gasteiger partial charge in [0.15, 0.2) is 17.3 Å². The Hall–Kier alpha value is -2.87. The number of carbonyl (C=O) groups excluding carboxylic acids is 1. The third kappa shape index (κ3) is 3.20. The highest BCUT2D eigenvalue weighted by Crippen LogP contribution is 2.31. The van der Waals surface area contributed by atoms with E-state index in [-0.39, 0.29) is 18.5 Å². The molecule has 2 aromatic carbocycles. The van der Waals surface area contributed by atoms with E-state index in [1.807, 2.05) is 36.4 Å². The van der Waals surface area contributed by atoms with E-state index in [1.54, 1.807) is 12.1 Å². The van der Waals surface area contributed by atoms with Gasteiger partial charge in [-0.05, 0) is 18.2 Å². The zero-order valence-corrected chi connectivity index (χ0v) is 14.5. The van der Waals surface area contributed by atoms with Crippen LogP contribution in [0, 0.1) is 0 Å². The van der Waals surface area contributed by atoms with Crippen molar-refractivity contribution in [1.29, 1.82) is 0 Å². The van der Waals surface area contributed by atoms with Gasteiger partial charge < -0.3 is 9.47 Å². The van der Waals surface area contributed by atoms with Gasteiger partial charge >= 0.3 is 0 Å². The SMILES string of the molecule is O=C(Nc1n[nH]c(-c2ccccc2Br)n1)[C@@H]1COc2ccccc2O1. The van der Waals surface area contributed by atoms with Gasteiger partial charge in [-0.25, -0.2) is 0 Å². The molecule has 0 saturated heterocycles. The first-order valence-electron chi connectivity index (χ1n) is 7.57. The van der Waals surface area contributed by atoms with Crippen LogP contribution < -0.4 is 14.8 Å². The number of aromatic nitrogens is 3. The van der Waals surface area contributed by atoms with Gasteiger partial charge in [-0.1, -0.05) is 46.3 Å². The molecule has 1 amide bonds. The van der Waals surface area contributed by atoms with Crippen molar-refractivity contribution in [3.8, 4) is 22.9 Å². The van der Waals surface area contributed by atoms with Crippen LogP contribution >= 0.6 is 15.9 Å². The fourth-order valence-electron chi connectivity index (χ4n) is 2.43. The van der Waals surface area contributed by atoms with Crippen LogP contribution in [0.5, 0.6) is 11.5 Å². The first kappa shape index (κ1) is 15.6. The minimum Gasteiger partial charge on any atom is -0.485 e. The molecule has 1 aromatic heterocycles. The second kappa shape index (κ2) is 6.56. The molecule has 3 aromatic rings. The van der Waals surface area contributed by atoms with Crippen molar-refractivity contribution >= 4 is 27.8 Å². The Morgan fingerprint density at radius 1 is 1.16 bits per heavy atom. The van der Waals surface area contributed by atoms with Gasteiger partial charge in [-0.15, -0.1) is 5.10 Å². The molecule has 7 nitrogen and oxygen atoms in total. The number of H-pyrrole nitrogens is 1. The maximum atomic E-state index is 12.4. The topological polar surface area (TPSA) is 89.1 Å². The number of halogens is 1. The Morgan fingerprint density at radius 2 is 1.92 bits per heavy atom. The van der Waals surface area contributed by atoms with Crippen LogP contribution in [0.25, 0.3) is 11.4 Å². The molecule has 0 bridgehead atoms. The summed E-state index contributed by atoms with van der Waals surface area (Å²) in [6.45, 7) is 0.129. The number of carbonyl (C=O) groups is 1. The number of aromatic amines is 1. The van der Waals surface area contributed by atoms with E-state index in [1.165, 1.54) is 0 Å². The van der Waals surface area contributed by atoms with Crippen LogP contribution in [0.3, 0.4) is 0 Å². The predicted octanol–water partition coefficient (Wildman–Crippen LogP) is 3.01. The molecule has 0 aliphatic carbocycles. The largest absolute Gasteiger partial charge is 0.485 e. The maximum absolute atomic E-state index is 12.4. The summed E-state index contributed by atoms with van der Waals surface area (Å²) >= 11 is 3.46. The number of nitrogens with zero attached hydrogens (tertiary/aromatic N) is 2. The highest BCUT2D eigenvalue weighted by molar-refractivity contribution is 9.10. The van der Waals surface area contributed by atoms with Crippen molar-refractivity contribution in [3.05, 3.63) is 53.0 Å². The van der Waals surface area contributed by atoms with Crippen molar-refractivity contribution in [3.63, 3.8) is 0 Å². The number of hydrogen-bond acceptors (Lipinski definition) is 5. The van der Waals surface area contributed by atoms with Crippen molar-refractivity contribution in [1.82, 2.24) is 15.2 Å². The monoisotopic (exact) mass is 400 g/mol. The van der Waals surface area contributed by atoms with Crippen LogP contribution in [0.1, 0.15) is 0 Å². The predicted molar refractivity (Wildman–Crippen MR) is 94.5 cm³/mol. The fourth-order valence-corrected chi connectivity index (χ4v) is 2.90. The number of ether oxygens (including phenoxy) is 2. The zero-order chi connectivity index (χ0) is 17.2. The molecule has 2 heterocycles. The van der Waals surface area contributed by atoms with Crippen molar-refractivity contribution in [2.45, 2.75) is 6.10 Å². The lowest BCUT2D eigenvalue weighted by atomic mass is 10.2. The molecular weight excluding hydrogens is 388 g/mol. The van der Waals surface area contributed by atoms with E-state index >= 15 is 0 Å². The summed E-state index contributed by atoms with van der Waals surface area (Å²) in [5.41, 5.74) is 0.849. The summed E-state index contributed by atoms with van der Waals surface area (Å²) in [5, 5.41) is 9.48. The summed E-state index contributed by atoms with van der Waals surface area (Å²) in [6, 6.07) is 14.8. The van der Waals surface area contributed by atoms with Crippen LogP contribution in [-0.2, 0) is 4.79 Å². The van der Waals surface area contributed by atoms with Crippen LogP contribution in [0.4, 0.5) is 5.95 Å². The number of amides is 1. The average molecular weight is 401 g/mol. The van der Waals surface area contributed by atoms with Gasteiger partial charge in [0.25, 0.3) is 5.91 Å². The summed E-state index contributed by atoms with van der Waals surface area (Å²) in [4.78, 5) is 16.7. The molecular formula is C17H13BrN4O3. The number of benzene rings is 2. The molecule has 0 unspecified atom stereocenters. The lowest BCUT2D eigenvalue weighted by Crippen LogP contribution is -2.40. The number of nitrogens with one attached hydrogen (secondary N) is 2. The van der Waals surface area contributed by atoms with Crippen LogP contribution in [0.2, 0.25) is 0 Å². The number of rotatable bonds is 3. The molecule has 2 N–H and O–H groups in total. The van der Waals surface area contributed by atoms with E-state index in [0.717, 1.165) is 10.0 Å². The fraction of sp³-hybridized carbons (Fsp3) is 0.118. The number of para-hydroxylation sites is 2. The molecule has 4 rings (SSSR count). The van der Waals surface area contributed by atoms with E-state index in [0.29, 0.717) is 17.3 Å². The van der Waals surface area contributed by atoms with Gasteiger partial charge in [0.05, 0.1) is 0 Å². The molecule has 0 fully saturated rings. The van der Waals surface area contributed by atoms with Gasteiger partial charge in [-0.3, -0.25) is 15.2 Å². The average Bonchev–Trinajstić information content (AvgIpc) is 3.10. The van der Waals surface area contributed by atoms with Crippen LogP contribution in [-0.4, -0.2) is 33.8 Å². The quantitative estimate of drug-likeness (QED) is 0.705. The first-order chi connectivity index (χ1) is 12.2. The lowest BCUT2D eigenvalue weighted by Gasteiger charge is -2.25. The normalized spacial score (nSPS) is 15.6. The first-order valence-corrected chi connectivity index (χ1v) is 8.36. The summed E-state index contributed by atoms with van der Waals surface area (Å²) < 4.78 is 12.1. The maximum Gasteiger partial charge on any atom is 0.271 e. The molecule has 1 aliphatic heterocycles. The number of anilines is 1. The number of fused-ring (bicyclic) bond motifs is 1. The Labute approximate surface area is 151 Å². The Morgan fingerprint density at radius 3 is 2.76 bits per heavy atom. The van der Waals surface area contributed by atoms with Crippen molar-refractivity contribution in [2.75, 3.05) is 11.9 Å². The standard InChI is InChI=1S/C17H13BrN4O3/c18-11-6-2-1-5-10(11)15-19-17(22-21-15)20-16(23)14-9-24-12-7-3-4-8-13(12)25-14/h1-8,14H,9H2,(H2,19,20,21,22,23)/t14-/m0/s1. The molecule has 0 radical (unpaired) electrons. The van der Waals surface area contributed by atoms with Gasteiger partial charge in [-0.2, -0.15) is 4.98 Å². The minimum atomic E-state index is -0.764. The summed E-state index contributed by atoms with van der Waals surface area (Å²) in [6.07, 6.45) is -0.764. The second-order valence-corrected chi connectivity index (χ2v) is 6.20. The third-order valence-corrected chi connectivity index (χ3v) is 4.34. The van der Waals surface area contributed by atoms with Gasteiger partial charge in [0.2, 0.25) is 12.1 Å². The lowest BCUT2D eigenvalue weighted by molar-refractivity contribution is -0.125. The Balaban J connectivity index is 1.47. The van der Waals surface area contributed by atoms with Crippen LogP contribution in [0.15, 0.2) is 53.0 Å². The number of hydrogen-bond donors (Lipinski definition) is 2. The molecule has 1 aliphatic rings. The molecule has 25 heavy (non-hydrogen) atoms. The Kier molecular flexibility index (Phi) is 4.10. The zero-order valence-electron chi connectivity index (χ0n) is 12.9. The van der Waals surface area contributed by atoms with Crippen molar-refractivity contribution < 1.29 is 14.3 Å². The minimum absolute atomic E-state index is 0.129. The smallest absolute Gasteiger partial charge is 0.271 e. The molecule has 126 valence electrons. The van der Waals surface area contributed by atoms with E-state index < -0.39 is 6.10 Å². The van der Waals surface area contributed by atoms with Gasteiger partial charge in [0.1, 0.15) is 6.61 Å². The summed E-state index contributed by atoms with van der Waals surface area (Å²) in [7, 11) is 0. The Bertz CT molecular complexity index is 928. The highest BCUT2D eigenvalue weighted by Gasteiger charge is 2.28. The van der Waals surface area contributed by atoms with Gasteiger partial charge in [0, 0.05) is 10.0 Å². The second-order valence-electron chi connectivity index (χ2n) is 5.34. The molecule has 0 spiro atoms. The molecule has 0 saturated carbocycles. The highest BCUT2D eigenvalue weighted by atomic mass is 79.9. The third-order valence-electron chi connectivity index (χ3n) is 3.65. The summed E-state index contributed by atoms with van der Waals surface area (Å²) in [5.74, 6) is 1.53.